The van der Waals surface area contributed by atoms with Crippen LogP contribution in [-0.4, -0.2) is 14.7 Å². The molecule has 0 aliphatic heterocycles. The highest BCUT2D eigenvalue weighted by atomic mass is 16.6. The number of aryl methyl sites for hydroxylation is 1. The second kappa shape index (κ2) is 4.50. The topological polar surface area (TPSA) is 61.0 Å². The van der Waals surface area contributed by atoms with E-state index in [2.05, 4.69) is 25.9 Å². The Bertz CT molecular complexity index is 607. The monoisotopic (exact) mass is 259 g/mol. The highest BCUT2D eigenvalue weighted by Crippen LogP contribution is 2.24. The van der Waals surface area contributed by atoms with Crippen molar-refractivity contribution in [1.82, 2.24) is 9.78 Å². The van der Waals surface area contributed by atoms with E-state index in [9.17, 15) is 10.1 Å². The van der Waals surface area contributed by atoms with Crippen LogP contribution >= 0.6 is 0 Å². The van der Waals surface area contributed by atoms with Crippen LogP contribution in [0.25, 0.3) is 5.69 Å². The smallest absolute Gasteiger partial charge is 0.258 e. The van der Waals surface area contributed by atoms with E-state index in [1.54, 1.807) is 12.1 Å². The summed E-state index contributed by atoms with van der Waals surface area (Å²) in [6.07, 6.45) is 0. The van der Waals surface area contributed by atoms with Crippen molar-refractivity contribution >= 4 is 5.69 Å². The highest BCUT2D eigenvalue weighted by molar-refractivity contribution is 5.41. The maximum absolute atomic E-state index is 10.6. The molecule has 5 nitrogen and oxygen atoms in total. The Morgan fingerprint density at radius 3 is 2.21 bits per heavy atom. The summed E-state index contributed by atoms with van der Waals surface area (Å²) in [4.78, 5) is 10.2. The highest BCUT2D eigenvalue weighted by Gasteiger charge is 2.19. The van der Waals surface area contributed by atoms with Gasteiger partial charge >= 0.3 is 0 Å². The van der Waals surface area contributed by atoms with Crippen molar-refractivity contribution in [1.29, 1.82) is 0 Å². The zero-order chi connectivity index (χ0) is 14.2. The molecule has 0 N–H and O–H groups in total. The van der Waals surface area contributed by atoms with Gasteiger partial charge in [0.15, 0.2) is 0 Å². The predicted octanol–water partition coefficient (Wildman–Crippen LogP) is 3.39. The van der Waals surface area contributed by atoms with Gasteiger partial charge in [-0.15, -0.1) is 0 Å². The molecule has 5 heteroatoms. The van der Waals surface area contributed by atoms with Crippen LogP contribution in [0.2, 0.25) is 0 Å². The summed E-state index contributed by atoms with van der Waals surface area (Å²) >= 11 is 0. The van der Waals surface area contributed by atoms with Gasteiger partial charge in [0, 0.05) is 23.2 Å². The van der Waals surface area contributed by atoms with Gasteiger partial charge in [0.1, 0.15) is 0 Å². The van der Waals surface area contributed by atoms with Crippen molar-refractivity contribution < 1.29 is 4.92 Å². The SMILES string of the molecule is Cc1cc(C(C)(C)C)nn1-c1ccc([N+](=O)[O-])cc1. The number of nitro groups is 1. The molecular formula is C14H17N3O2. The molecule has 0 aliphatic rings. The fourth-order valence-electron chi connectivity index (χ4n) is 1.82. The van der Waals surface area contributed by atoms with E-state index in [-0.39, 0.29) is 11.1 Å². The first-order valence-electron chi connectivity index (χ1n) is 6.11. The molecule has 100 valence electrons. The van der Waals surface area contributed by atoms with Crippen LogP contribution in [-0.2, 0) is 5.41 Å². The lowest BCUT2D eigenvalue weighted by molar-refractivity contribution is -0.384. The third kappa shape index (κ3) is 2.65. The fraction of sp³-hybridized carbons (Fsp3) is 0.357. The van der Waals surface area contributed by atoms with Gasteiger partial charge in [-0.1, -0.05) is 20.8 Å². The summed E-state index contributed by atoms with van der Waals surface area (Å²) in [6, 6.07) is 8.46. The summed E-state index contributed by atoms with van der Waals surface area (Å²) in [5, 5.41) is 15.2. The number of rotatable bonds is 2. The number of benzene rings is 1. The molecule has 19 heavy (non-hydrogen) atoms. The van der Waals surface area contributed by atoms with Gasteiger partial charge in [-0.3, -0.25) is 10.1 Å². The molecule has 0 fully saturated rings. The van der Waals surface area contributed by atoms with Crippen LogP contribution in [0.15, 0.2) is 30.3 Å². The minimum absolute atomic E-state index is 0.0171. The van der Waals surface area contributed by atoms with Gasteiger partial charge in [0.25, 0.3) is 5.69 Å². The van der Waals surface area contributed by atoms with Gasteiger partial charge in [-0.2, -0.15) is 5.10 Å². The van der Waals surface area contributed by atoms with Crippen molar-refractivity contribution in [3.05, 3.63) is 51.8 Å². The van der Waals surface area contributed by atoms with E-state index in [0.717, 1.165) is 17.1 Å². The van der Waals surface area contributed by atoms with Gasteiger partial charge in [-0.25, -0.2) is 4.68 Å². The first kappa shape index (κ1) is 13.3. The molecule has 0 amide bonds. The molecule has 1 heterocycles. The van der Waals surface area contributed by atoms with Gasteiger partial charge in [-0.05, 0) is 25.1 Å². The number of hydrogen-bond acceptors (Lipinski definition) is 3. The van der Waals surface area contributed by atoms with E-state index in [0.29, 0.717) is 0 Å². The number of non-ortho nitro benzene ring substituents is 1. The van der Waals surface area contributed by atoms with Crippen molar-refractivity contribution in [2.24, 2.45) is 0 Å². The standard InChI is InChI=1S/C14H17N3O2/c1-10-9-13(14(2,3)4)15-16(10)11-5-7-12(8-6-11)17(18)19/h5-9H,1-4H3. The summed E-state index contributed by atoms with van der Waals surface area (Å²) < 4.78 is 1.81. The van der Waals surface area contributed by atoms with Crippen LogP contribution in [0, 0.1) is 17.0 Å². The molecule has 2 rings (SSSR count). The van der Waals surface area contributed by atoms with Crippen LogP contribution in [0.1, 0.15) is 32.2 Å². The van der Waals surface area contributed by atoms with Crippen molar-refractivity contribution in [2.75, 3.05) is 0 Å². The third-order valence-electron chi connectivity index (χ3n) is 2.96. The first-order chi connectivity index (χ1) is 8.79. The maximum Gasteiger partial charge on any atom is 0.269 e. The van der Waals surface area contributed by atoms with Gasteiger partial charge < -0.3 is 0 Å². The second-order valence-electron chi connectivity index (χ2n) is 5.61. The minimum Gasteiger partial charge on any atom is -0.258 e. The molecule has 0 saturated carbocycles. The maximum atomic E-state index is 10.6. The van der Waals surface area contributed by atoms with Crippen molar-refractivity contribution in [3.8, 4) is 5.69 Å². The molecular weight excluding hydrogens is 242 g/mol. The molecule has 1 aromatic heterocycles. The normalized spacial score (nSPS) is 11.6. The van der Waals surface area contributed by atoms with E-state index in [1.807, 2.05) is 17.7 Å². The lowest BCUT2D eigenvalue weighted by Crippen LogP contribution is -2.12. The van der Waals surface area contributed by atoms with E-state index >= 15 is 0 Å². The van der Waals surface area contributed by atoms with Crippen LogP contribution in [0.5, 0.6) is 0 Å². The molecule has 2 aromatic rings. The Morgan fingerprint density at radius 1 is 1.21 bits per heavy atom. The molecule has 0 aliphatic carbocycles. The molecule has 0 atom stereocenters. The minimum atomic E-state index is -0.402. The average Bonchev–Trinajstić information content (AvgIpc) is 2.71. The first-order valence-corrected chi connectivity index (χ1v) is 6.11. The third-order valence-corrected chi connectivity index (χ3v) is 2.96. The largest absolute Gasteiger partial charge is 0.269 e. The molecule has 0 unspecified atom stereocenters. The second-order valence-corrected chi connectivity index (χ2v) is 5.61. The van der Waals surface area contributed by atoms with E-state index < -0.39 is 4.92 Å². The summed E-state index contributed by atoms with van der Waals surface area (Å²) in [7, 11) is 0. The lowest BCUT2D eigenvalue weighted by Gasteiger charge is -2.14. The Labute approximate surface area is 112 Å². The predicted molar refractivity (Wildman–Crippen MR) is 73.7 cm³/mol. The summed E-state index contributed by atoms with van der Waals surface area (Å²) in [5.74, 6) is 0. The molecule has 0 saturated heterocycles. The lowest BCUT2D eigenvalue weighted by atomic mass is 9.92. The van der Waals surface area contributed by atoms with Crippen molar-refractivity contribution in [3.63, 3.8) is 0 Å². The quantitative estimate of drug-likeness (QED) is 0.613. The average molecular weight is 259 g/mol. The van der Waals surface area contributed by atoms with Crippen molar-refractivity contribution in [2.45, 2.75) is 33.1 Å². The molecule has 0 spiro atoms. The number of nitrogens with zero attached hydrogens (tertiary/aromatic N) is 3. The van der Waals surface area contributed by atoms with Gasteiger partial charge in [0.2, 0.25) is 0 Å². The summed E-state index contributed by atoms with van der Waals surface area (Å²) in [5.41, 5.74) is 2.92. The van der Waals surface area contributed by atoms with Gasteiger partial charge in [0.05, 0.1) is 16.3 Å². The zero-order valence-electron chi connectivity index (χ0n) is 11.5. The van der Waals surface area contributed by atoms with Crippen LogP contribution in [0.4, 0.5) is 5.69 Å². The summed E-state index contributed by atoms with van der Waals surface area (Å²) in [6.45, 7) is 8.29. The Morgan fingerprint density at radius 2 is 1.79 bits per heavy atom. The number of aromatic nitrogens is 2. The van der Waals surface area contributed by atoms with E-state index in [4.69, 9.17) is 0 Å². The Hall–Kier alpha value is -2.17. The number of nitro benzene ring substituents is 1. The zero-order valence-corrected chi connectivity index (χ0v) is 11.5. The Balaban J connectivity index is 2.42. The van der Waals surface area contributed by atoms with Crippen LogP contribution in [0.3, 0.4) is 0 Å². The van der Waals surface area contributed by atoms with Crippen LogP contribution < -0.4 is 0 Å². The molecule has 0 bridgehead atoms. The Kier molecular flexibility index (Phi) is 3.14. The molecule has 0 radical (unpaired) electrons. The molecule has 1 aromatic carbocycles. The number of hydrogen-bond donors (Lipinski definition) is 0. The van der Waals surface area contributed by atoms with E-state index in [1.165, 1.54) is 12.1 Å². The fourth-order valence-corrected chi connectivity index (χ4v) is 1.82.